The van der Waals surface area contributed by atoms with E-state index in [0.717, 1.165) is 38.1 Å². The van der Waals surface area contributed by atoms with Gasteiger partial charge < -0.3 is 10.5 Å². The van der Waals surface area contributed by atoms with Gasteiger partial charge in [-0.05, 0) is 37.3 Å². The van der Waals surface area contributed by atoms with E-state index in [2.05, 4.69) is 27.0 Å². The molecule has 2 N–H and O–H groups in total. The number of halogens is 1. The molecular formula is C17H15BrN2O. The van der Waals surface area contributed by atoms with Gasteiger partial charge in [0, 0.05) is 27.7 Å². The van der Waals surface area contributed by atoms with Gasteiger partial charge in [-0.25, -0.2) is 4.98 Å². The zero-order chi connectivity index (χ0) is 14.8. The average Bonchev–Trinajstić information content (AvgIpc) is 2.49. The van der Waals surface area contributed by atoms with Gasteiger partial charge in [-0.15, -0.1) is 0 Å². The molecule has 0 unspecified atom stereocenters. The van der Waals surface area contributed by atoms with E-state index in [4.69, 9.17) is 10.5 Å². The average molecular weight is 343 g/mol. The van der Waals surface area contributed by atoms with Gasteiger partial charge in [0.1, 0.15) is 11.3 Å². The lowest BCUT2D eigenvalue weighted by molar-refractivity contribution is 0.480. The van der Waals surface area contributed by atoms with Crippen LogP contribution in [0.2, 0.25) is 0 Å². The Bertz CT molecular complexity index is 802. The Morgan fingerprint density at radius 1 is 1.10 bits per heavy atom. The largest absolute Gasteiger partial charge is 0.455 e. The highest BCUT2D eigenvalue weighted by Crippen LogP contribution is 2.32. The molecule has 1 heterocycles. The molecule has 21 heavy (non-hydrogen) atoms. The first-order valence-electron chi connectivity index (χ1n) is 6.70. The normalized spacial score (nSPS) is 10.8. The molecule has 1 aromatic heterocycles. The predicted octanol–water partition coefficient (Wildman–Crippen LogP) is 4.56. The van der Waals surface area contributed by atoms with Crippen molar-refractivity contribution in [1.82, 2.24) is 4.98 Å². The maximum atomic E-state index is 6.06. The van der Waals surface area contributed by atoms with E-state index >= 15 is 0 Å². The minimum Gasteiger partial charge on any atom is -0.455 e. The molecule has 0 aliphatic heterocycles. The second-order valence-electron chi connectivity index (χ2n) is 4.84. The van der Waals surface area contributed by atoms with Crippen LogP contribution in [-0.2, 0) is 6.54 Å². The highest BCUT2D eigenvalue weighted by Gasteiger charge is 2.08. The molecule has 0 aliphatic carbocycles. The zero-order valence-electron chi connectivity index (χ0n) is 11.6. The number of para-hydroxylation sites is 1. The van der Waals surface area contributed by atoms with Gasteiger partial charge in [-0.2, -0.15) is 0 Å². The lowest BCUT2D eigenvalue weighted by atomic mass is 10.2. The van der Waals surface area contributed by atoms with Crippen LogP contribution in [0.25, 0.3) is 10.9 Å². The molecule has 0 saturated carbocycles. The van der Waals surface area contributed by atoms with Crippen molar-refractivity contribution in [3.05, 3.63) is 64.3 Å². The number of ether oxygens (including phenoxy) is 1. The smallest absolute Gasteiger partial charge is 0.153 e. The standard InChI is InChI=1S/C17H15BrN2O/c1-11-5-6-12-3-2-4-16(17(12)20-11)21-15-8-7-14(18)9-13(15)10-19/h2-9H,10,19H2,1H3. The van der Waals surface area contributed by atoms with E-state index in [1.54, 1.807) is 0 Å². The van der Waals surface area contributed by atoms with Gasteiger partial charge in [0.05, 0.1) is 0 Å². The molecule has 106 valence electrons. The van der Waals surface area contributed by atoms with Crippen molar-refractivity contribution in [3.8, 4) is 11.5 Å². The van der Waals surface area contributed by atoms with Gasteiger partial charge in [-0.1, -0.05) is 34.1 Å². The molecule has 3 aromatic rings. The summed E-state index contributed by atoms with van der Waals surface area (Å²) in [6, 6.07) is 15.8. The Morgan fingerprint density at radius 2 is 1.95 bits per heavy atom. The monoisotopic (exact) mass is 342 g/mol. The van der Waals surface area contributed by atoms with Crippen LogP contribution in [0.15, 0.2) is 53.0 Å². The van der Waals surface area contributed by atoms with Crippen molar-refractivity contribution < 1.29 is 4.74 Å². The number of hydrogen-bond donors (Lipinski definition) is 1. The number of fused-ring (bicyclic) bond motifs is 1. The first-order valence-corrected chi connectivity index (χ1v) is 7.49. The molecule has 0 atom stereocenters. The van der Waals surface area contributed by atoms with Crippen molar-refractivity contribution in [1.29, 1.82) is 0 Å². The summed E-state index contributed by atoms with van der Waals surface area (Å²) < 4.78 is 7.05. The van der Waals surface area contributed by atoms with Gasteiger partial charge in [0.2, 0.25) is 0 Å². The van der Waals surface area contributed by atoms with E-state index in [1.165, 1.54) is 0 Å². The minimum atomic E-state index is 0.423. The van der Waals surface area contributed by atoms with E-state index in [-0.39, 0.29) is 0 Å². The maximum Gasteiger partial charge on any atom is 0.153 e. The Balaban J connectivity index is 2.08. The summed E-state index contributed by atoms with van der Waals surface area (Å²) in [5, 5.41) is 1.06. The fraction of sp³-hybridized carbons (Fsp3) is 0.118. The third kappa shape index (κ3) is 2.91. The molecule has 2 aromatic carbocycles. The summed E-state index contributed by atoms with van der Waals surface area (Å²) in [4.78, 5) is 4.58. The first-order chi connectivity index (χ1) is 10.2. The minimum absolute atomic E-state index is 0.423. The fourth-order valence-electron chi connectivity index (χ4n) is 2.23. The highest BCUT2D eigenvalue weighted by molar-refractivity contribution is 9.10. The summed E-state index contributed by atoms with van der Waals surface area (Å²) in [5.41, 5.74) is 8.58. The molecule has 0 spiro atoms. The number of benzene rings is 2. The van der Waals surface area contributed by atoms with Crippen molar-refractivity contribution in [2.75, 3.05) is 0 Å². The molecular weight excluding hydrogens is 328 g/mol. The molecule has 0 saturated heterocycles. The number of pyridine rings is 1. The number of aryl methyl sites for hydroxylation is 1. The third-order valence-corrected chi connectivity index (χ3v) is 3.78. The topological polar surface area (TPSA) is 48.1 Å². The van der Waals surface area contributed by atoms with Crippen LogP contribution < -0.4 is 10.5 Å². The fourth-order valence-corrected chi connectivity index (χ4v) is 2.63. The summed E-state index contributed by atoms with van der Waals surface area (Å²) in [6.07, 6.45) is 0. The first kappa shape index (κ1) is 14.0. The molecule has 0 aliphatic rings. The number of nitrogens with zero attached hydrogens (tertiary/aromatic N) is 1. The van der Waals surface area contributed by atoms with E-state index in [1.807, 2.05) is 49.4 Å². The Kier molecular flexibility index (Phi) is 3.90. The molecule has 0 fully saturated rings. The SMILES string of the molecule is Cc1ccc2cccc(Oc3ccc(Br)cc3CN)c2n1. The zero-order valence-corrected chi connectivity index (χ0v) is 13.2. The van der Waals surface area contributed by atoms with Crippen molar-refractivity contribution >= 4 is 26.8 Å². The molecule has 4 heteroatoms. The van der Waals surface area contributed by atoms with E-state index < -0.39 is 0 Å². The van der Waals surface area contributed by atoms with Gasteiger partial charge in [-0.3, -0.25) is 0 Å². The third-order valence-electron chi connectivity index (χ3n) is 3.28. The van der Waals surface area contributed by atoms with Crippen molar-refractivity contribution in [2.24, 2.45) is 5.73 Å². The molecule has 0 bridgehead atoms. The lowest BCUT2D eigenvalue weighted by Crippen LogP contribution is -2.00. The molecule has 3 nitrogen and oxygen atoms in total. The summed E-state index contributed by atoms with van der Waals surface area (Å²) in [7, 11) is 0. The van der Waals surface area contributed by atoms with Crippen LogP contribution in [0.5, 0.6) is 11.5 Å². The molecule has 0 radical (unpaired) electrons. The second-order valence-corrected chi connectivity index (χ2v) is 5.75. The van der Waals surface area contributed by atoms with Crippen molar-refractivity contribution in [3.63, 3.8) is 0 Å². The highest BCUT2D eigenvalue weighted by atomic mass is 79.9. The number of rotatable bonds is 3. The van der Waals surface area contributed by atoms with E-state index in [0.29, 0.717) is 6.54 Å². The Labute approximate surface area is 131 Å². The lowest BCUT2D eigenvalue weighted by Gasteiger charge is -2.12. The molecule has 3 rings (SSSR count). The Hall–Kier alpha value is -1.91. The van der Waals surface area contributed by atoms with Crippen LogP contribution in [-0.4, -0.2) is 4.98 Å². The summed E-state index contributed by atoms with van der Waals surface area (Å²) in [5.74, 6) is 1.50. The van der Waals surface area contributed by atoms with Gasteiger partial charge in [0.15, 0.2) is 5.75 Å². The second kappa shape index (κ2) is 5.84. The number of hydrogen-bond acceptors (Lipinski definition) is 3. The molecule has 0 amide bonds. The summed E-state index contributed by atoms with van der Waals surface area (Å²) >= 11 is 3.45. The van der Waals surface area contributed by atoms with Gasteiger partial charge >= 0.3 is 0 Å². The number of aromatic nitrogens is 1. The maximum absolute atomic E-state index is 6.06. The number of nitrogens with two attached hydrogens (primary N) is 1. The van der Waals surface area contributed by atoms with Crippen LogP contribution >= 0.6 is 15.9 Å². The van der Waals surface area contributed by atoms with Gasteiger partial charge in [0.25, 0.3) is 0 Å². The van der Waals surface area contributed by atoms with Crippen LogP contribution in [0.1, 0.15) is 11.3 Å². The van der Waals surface area contributed by atoms with Crippen molar-refractivity contribution in [2.45, 2.75) is 13.5 Å². The Morgan fingerprint density at radius 3 is 2.76 bits per heavy atom. The van der Waals surface area contributed by atoms with E-state index in [9.17, 15) is 0 Å². The van der Waals surface area contributed by atoms with Crippen LogP contribution in [0.4, 0.5) is 0 Å². The van der Waals surface area contributed by atoms with Crippen LogP contribution in [0.3, 0.4) is 0 Å². The summed E-state index contributed by atoms with van der Waals surface area (Å²) in [6.45, 7) is 2.40. The quantitative estimate of drug-likeness (QED) is 0.759. The van der Waals surface area contributed by atoms with Crippen LogP contribution in [0, 0.1) is 6.92 Å². The predicted molar refractivity (Wildman–Crippen MR) is 88.6 cm³/mol.